The van der Waals surface area contributed by atoms with Crippen molar-refractivity contribution in [3.05, 3.63) is 17.0 Å². The van der Waals surface area contributed by atoms with Crippen LogP contribution in [-0.2, 0) is 19.9 Å². The smallest absolute Gasteiger partial charge is 0.0656 e. The summed E-state index contributed by atoms with van der Waals surface area (Å²) in [6.45, 7) is 6.63. The van der Waals surface area contributed by atoms with Crippen LogP contribution in [0.4, 0.5) is 0 Å². The van der Waals surface area contributed by atoms with Gasteiger partial charge in [0.2, 0.25) is 0 Å². The highest BCUT2D eigenvalue weighted by Gasteiger charge is 2.10. The first kappa shape index (κ1) is 12.3. The van der Waals surface area contributed by atoms with E-state index in [2.05, 4.69) is 25.9 Å². The van der Waals surface area contributed by atoms with Crippen LogP contribution < -0.4 is 0 Å². The standard InChI is InChI=1S/C13H24N2/c1-5-7-8-9-10-12-11(3)15(4)14-13(12)6-2/h5-10H2,1-4H3. The number of hydrogen-bond acceptors (Lipinski definition) is 1. The molecule has 0 amide bonds. The van der Waals surface area contributed by atoms with Crippen molar-refractivity contribution >= 4 is 0 Å². The molecule has 2 nitrogen and oxygen atoms in total. The summed E-state index contributed by atoms with van der Waals surface area (Å²) in [5, 5.41) is 4.54. The molecule has 0 atom stereocenters. The van der Waals surface area contributed by atoms with E-state index >= 15 is 0 Å². The Balaban J connectivity index is 2.58. The van der Waals surface area contributed by atoms with Crippen LogP contribution in [0.1, 0.15) is 56.5 Å². The molecule has 0 saturated carbocycles. The van der Waals surface area contributed by atoms with Gasteiger partial charge in [-0.15, -0.1) is 0 Å². The van der Waals surface area contributed by atoms with Crippen LogP contribution in [0.25, 0.3) is 0 Å². The van der Waals surface area contributed by atoms with Gasteiger partial charge in [0.25, 0.3) is 0 Å². The molecule has 1 aromatic rings. The summed E-state index contributed by atoms with van der Waals surface area (Å²) in [5.41, 5.74) is 4.14. The maximum Gasteiger partial charge on any atom is 0.0656 e. The lowest BCUT2D eigenvalue weighted by molar-refractivity contribution is 0.662. The predicted octanol–water partition coefficient (Wildman–Crippen LogP) is 3.41. The second-order valence-electron chi connectivity index (χ2n) is 4.30. The quantitative estimate of drug-likeness (QED) is 0.655. The minimum absolute atomic E-state index is 1.06. The second-order valence-corrected chi connectivity index (χ2v) is 4.30. The summed E-state index contributed by atoms with van der Waals surface area (Å²) in [6, 6.07) is 0. The third-order valence-corrected chi connectivity index (χ3v) is 3.16. The maximum absolute atomic E-state index is 4.54. The number of nitrogens with zero attached hydrogens (tertiary/aromatic N) is 2. The van der Waals surface area contributed by atoms with Crippen molar-refractivity contribution in [2.75, 3.05) is 0 Å². The molecule has 1 aromatic heterocycles. The highest BCUT2D eigenvalue weighted by atomic mass is 15.3. The first-order chi connectivity index (χ1) is 7.20. The van der Waals surface area contributed by atoms with Gasteiger partial charge in [0.15, 0.2) is 0 Å². The summed E-state index contributed by atoms with van der Waals surface area (Å²) in [7, 11) is 2.05. The first-order valence-corrected chi connectivity index (χ1v) is 6.22. The summed E-state index contributed by atoms with van der Waals surface area (Å²) in [6.07, 6.45) is 7.61. The van der Waals surface area contributed by atoms with Crippen molar-refractivity contribution in [3.63, 3.8) is 0 Å². The van der Waals surface area contributed by atoms with Gasteiger partial charge in [0.05, 0.1) is 5.69 Å². The van der Waals surface area contributed by atoms with E-state index in [0.29, 0.717) is 0 Å². The Morgan fingerprint density at radius 2 is 1.87 bits per heavy atom. The Hall–Kier alpha value is -0.790. The van der Waals surface area contributed by atoms with Gasteiger partial charge in [-0.2, -0.15) is 5.10 Å². The molecule has 86 valence electrons. The fourth-order valence-corrected chi connectivity index (χ4v) is 2.06. The van der Waals surface area contributed by atoms with Crippen molar-refractivity contribution in [2.45, 2.75) is 59.3 Å². The molecule has 0 aliphatic carbocycles. The van der Waals surface area contributed by atoms with Gasteiger partial charge in [-0.1, -0.05) is 33.1 Å². The monoisotopic (exact) mass is 208 g/mol. The zero-order valence-electron chi connectivity index (χ0n) is 10.6. The van der Waals surface area contributed by atoms with Gasteiger partial charge in [0, 0.05) is 12.7 Å². The SMILES string of the molecule is CCCCCCc1c(CC)nn(C)c1C. The minimum atomic E-state index is 1.06. The largest absolute Gasteiger partial charge is 0.272 e. The summed E-state index contributed by atoms with van der Waals surface area (Å²) < 4.78 is 2.02. The van der Waals surface area contributed by atoms with E-state index in [0.717, 1.165) is 6.42 Å². The lowest BCUT2D eigenvalue weighted by Gasteiger charge is -2.02. The number of aryl methyl sites for hydroxylation is 2. The van der Waals surface area contributed by atoms with E-state index in [1.807, 2.05) is 11.7 Å². The molecule has 15 heavy (non-hydrogen) atoms. The Morgan fingerprint density at radius 3 is 2.47 bits per heavy atom. The van der Waals surface area contributed by atoms with Crippen molar-refractivity contribution in [2.24, 2.45) is 7.05 Å². The molecule has 0 saturated heterocycles. The fourth-order valence-electron chi connectivity index (χ4n) is 2.06. The summed E-state index contributed by atoms with van der Waals surface area (Å²) >= 11 is 0. The number of rotatable bonds is 6. The normalized spacial score (nSPS) is 10.9. The molecule has 0 unspecified atom stereocenters. The average Bonchev–Trinajstić information content (AvgIpc) is 2.51. The van der Waals surface area contributed by atoms with Crippen LogP contribution in [0.2, 0.25) is 0 Å². The Kier molecular flexibility index (Phi) is 4.86. The second kappa shape index (κ2) is 5.94. The molecule has 0 spiro atoms. The van der Waals surface area contributed by atoms with Gasteiger partial charge < -0.3 is 0 Å². The summed E-state index contributed by atoms with van der Waals surface area (Å²) in [5.74, 6) is 0. The lowest BCUT2D eigenvalue weighted by Crippen LogP contribution is -1.94. The summed E-state index contributed by atoms with van der Waals surface area (Å²) in [4.78, 5) is 0. The Bertz CT molecular complexity index is 300. The van der Waals surface area contributed by atoms with Crippen molar-refractivity contribution in [1.29, 1.82) is 0 Å². The zero-order chi connectivity index (χ0) is 11.3. The van der Waals surface area contributed by atoms with Gasteiger partial charge >= 0.3 is 0 Å². The molecule has 1 rings (SSSR count). The van der Waals surface area contributed by atoms with E-state index in [-0.39, 0.29) is 0 Å². The van der Waals surface area contributed by atoms with Crippen molar-refractivity contribution in [3.8, 4) is 0 Å². The van der Waals surface area contributed by atoms with E-state index < -0.39 is 0 Å². The Morgan fingerprint density at radius 1 is 1.13 bits per heavy atom. The molecule has 0 aliphatic heterocycles. The predicted molar refractivity (Wildman–Crippen MR) is 65.2 cm³/mol. The van der Waals surface area contributed by atoms with Crippen LogP contribution >= 0.6 is 0 Å². The molecule has 0 N–H and O–H groups in total. The molecule has 0 aromatic carbocycles. The average molecular weight is 208 g/mol. The number of unbranched alkanes of at least 4 members (excludes halogenated alkanes) is 3. The minimum Gasteiger partial charge on any atom is -0.272 e. The lowest BCUT2D eigenvalue weighted by atomic mass is 10.0. The molecule has 0 bridgehead atoms. The van der Waals surface area contributed by atoms with Crippen LogP contribution in [0.5, 0.6) is 0 Å². The molecular formula is C13H24N2. The van der Waals surface area contributed by atoms with E-state index in [9.17, 15) is 0 Å². The van der Waals surface area contributed by atoms with Crippen molar-refractivity contribution in [1.82, 2.24) is 9.78 Å². The maximum atomic E-state index is 4.54. The third kappa shape index (κ3) is 3.08. The highest BCUT2D eigenvalue weighted by molar-refractivity contribution is 5.25. The van der Waals surface area contributed by atoms with Crippen LogP contribution in [0.15, 0.2) is 0 Å². The molecule has 0 aliphatic rings. The van der Waals surface area contributed by atoms with Crippen molar-refractivity contribution < 1.29 is 0 Å². The topological polar surface area (TPSA) is 17.8 Å². The molecule has 2 heteroatoms. The molecule has 1 heterocycles. The number of aromatic nitrogens is 2. The van der Waals surface area contributed by atoms with Crippen LogP contribution in [-0.4, -0.2) is 9.78 Å². The van der Waals surface area contributed by atoms with E-state index in [1.54, 1.807) is 0 Å². The molecule has 0 radical (unpaired) electrons. The number of hydrogen-bond donors (Lipinski definition) is 0. The fraction of sp³-hybridized carbons (Fsp3) is 0.769. The third-order valence-electron chi connectivity index (χ3n) is 3.16. The van der Waals surface area contributed by atoms with E-state index in [1.165, 1.54) is 49.1 Å². The first-order valence-electron chi connectivity index (χ1n) is 6.22. The van der Waals surface area contributed by atoms with Gasteiger partial charge in [-0.3, -0.25) is 4.68 Å². The zero-order valence-corrected chi connectivity index (χ0v) is 10.6. The van der Waals surface area contributed by atoms with Crippen LogP contribution in [0.3, 0.4) is 0 Å². The van der Waals surface area contributed by atoms with Gasteiger partial charge in [-0.25, -0.2) is 0 Å². The van der Waals surface area contributed by atoms with E-state index in [4.69, 9.17) is 0 Å². The van der Waals surface area contributed by atoms with Crippen LogP contribution in [0, 0.1) is 6.92 Å². The molecular weight excluding hydrogens is 184 g/mol. The van der Waals surface area contributed by atoms with Gasteiger partial charge in [-0.05, 0) is 31.7 Å². The van der Waals surface area contributed by atoms with Gasteiger partial charge in [0.1, 0.15) is 0 Å². The molecule has 0 fully saturated rings. The Labute approximate surface area is 93.7 Å². The highest BCUT2D eigenvalue weighted by Crippen LogP contribution is 2.17.